The van der Waals surface area contributed by atoms with Crippen LogP contribution >= 0.6 is 0 Å². The second-order valence-electron chi connectivity index (χ2n) is 4.02. The zero-order valence-electron chi connectivity index (χ0n) is 9.71. The van der Waals surface area contributed by atoms with Gasteiger partial charge in [0.15, 0.2) is 0 Å². The van der Waals surface area contributed by atoms with Crippen LogP contribution in [0.1, 0.15) is 64.2 Å². The lowest BCUT2D eigenvalue weighted by Gasteiger charge is -2.00. The molecule has 0 fully saturated rings. The summed E-state index contributed by atoms with van der Waals surface area (Å²) in [7, 11) is 0. The Hall–Kier alpha value is -0.590. The molecule has 0 heterocycles. The normalized spacial score (nSPS) is 9.93. The molecule has 0 aromatic rings. The summed E-state index contributed by atoms with van der Waals surface area (Å²) in [5.74, 6) is 1.80. The van der Waals surface area contributed by atoms with E-state index in [1.807, 2.05) is 0 Å². The monoisotopic (exact) mass is 212 g/mol. The maximum atomic E-state index is 9.87. The minimum Gasteiger partial charge on any atom is -0.396 e. The largest absolute Gasteiger partial charge is 0.396 e. The molecule has 0 radical (unpaired) electrons. The Bertz CT molecular complexity index is 160. The van der Waals surface area contributed by atoms with Crippen LogP contribution in [0.15, 0.2) is 6.08 Å². The van der Waals surface area contributed by atoms with Crippen LogP contribution in [0.2, 0.25) is 0 Å². The molecule has 0 atom stereocenters. The Balaban J connectivity index is 2.89. The average molecular weight is 212 g/mol. The van der Waals surface area contributed by atoms with E-state index in [-0.39, 0.29) is 0 Å². The number of carbonyl (C=O) groups excluding carboxylic acids is 1. The van der Waals surface area contributed by atoms with E-state index < -0.39 is 0 Å². The third-order valence-electron chi connectivity index (χ3n) is 2.59. The fourth-order valence-corrected chi connectivity index (χ4v) is 1.65. The molecule has 0 unspecified atom stereocenters. The zero-order chi connectivity index (χ0) is 11.2. The first-order valence-electron chi connectivity index (χ1n) is 6.22. The maximum absolute atomic E-state index is 9.87. The smallest absolute Gasteiger partial charge is 0.120 e. The Morgan fingerprint density at radius 2 is 1.27 bits per heavy atom. The van der Waals surface area contributed by atoms with Crippen molar-refractivity contribution in [2.24, 2.45) is 0 Å². The van der Waals surface area contributed by atoms with Gasteiger partial charge in [-0.2, -0.15) is 0 Å². The number of allylic oxidation sites excluding steroid dienone is 1. The van der Waals surface area contributed by atoms with Crippen LogP contribution in [0.4, 0.5) is 0 Å². The van der Waals surface area contributed by atoms with Crippen LogP contribution in [0.3, 0.4) is 0 Å². The summed E-state index contributed by atoms with van der Waals surface area (Å²) >= 11 is 0. The van der Waals surface area contributed by atoms with E-state index in [1.54, 1.807) is 12.0 Å². The Kier molecular flexibility index (Phi) is 12.9. The lowest BCUT2D eigenvalue weighted by Crippen LogP contribution is -1.84. The average Bonchev–Trinajstić information content (AvgIpc) is 2.26. The highest BCUT2D eigenvalue weighted by Gasteiger charge is 1.91. The quantitative estimate of drug-likeness (QED) is 0.421. The lowest BCUT2D eigenvalue weighted by atomic mass is 10.1. The van der Waals surface area contributed by atoms with Crippen molar-refractivity contribution in [2.75, 3.05) is 6.61 Å². The van der Waals surface area contributed by atoms with Crippen molar-refractivity contribution >= 4 is 5.94 Å². The summed E-state index contributed by atoms with van der Waals surface area (Å²) in [6.07, 6.45) is 13.4. The van der Waals surface area contributed by atoms with Crippen molar-refractivity contribution < 1.29 is 9.90 Å². The third-order valence-corrected chi connectivity index (χ3v) is 2.59. The Morgan fingerprint density at radius 1 is 0.800 bits per heavy atom. The highest BCUT2D eigenvalue weighted by Crippen LogP contribution is 2.10. The van der Waals surface area contributed by atoms with E-state index >= 15 is 0 Å². The standard InChI is InChI=1S/C13H24O2/c14-12-10-8-6-4-2-1-3-5-7-9-11-13-15/h10,15H,1-9,11,13H2. The first-order valence-corrected chi connectivity index (χ1v) is 6.22. The van der Waals surface area contributed by atoms with Gasteiger partial charge in [0.2, 0.25) is 0 Å². The Morgan fingerprint density at radius 3 is 1.73 bits per heavy atom. The second-order valence-corrected chi connectivity index (χ2v) is 4.02. The van der Waals surface area contributed by atoms with E-state index in [9.17, 15) is 4.79 Å². The predicted molar refractivity (Wildman–Crippen MR) is 63.5 cm³/mol. The topological polar surface area (TPSA) is 37.3 Å². The van der Waals surface area contributed by atoms with Crippen LogP contribution in [-0.4, -0.2) is 17.7 Å². The number of unbranched alkanes of at least 4 members (excludes halogenated alkanes) is 9. The van der Waals surface area contributed by atoms with Crippen molar-refractivity contribution in [3.63, 3.8) is 0 Å². The Labute approximate surface area is 93.4 Å². The van der Waals surface area contributed by atoms with Gasteiger partial charge >= 0.3 is 0 Å². The minimum atomic E-state index is 0.338. The second kappa shape index (κ2) is 13.4. The summed E-state index contributed by atoms with van der Waals surface area (Å²) < 4.78 is 0. The van der Waals surface area contributed by atoms with Crippen molar-refractivity contribution in [1.82, 2.24) is 0 Å². The van der Waals surface area contributed by atoms with Crippen molar-refractivity contribution in [2.45, 2.75) is 64.2 Å². The fourth-order valence-electron chi connectivity index (χ4n) is 1.65. The minimum absolute atomic E-state index is 0.338. The van der Waals surface area contributed by atoms with Crippen LogP contribution in [0, 0.1) is 0 Å². The van der Waals surface area contributed by atoms with E-state index in [1.165, 1.54) is 44.9 Å². The molecule has 0 bridgehead atoms. The number of rotatable bonds is 11. The summed E-state index contributed by atoms with van der Waals surface area (Å²) in [6, 6.07) is 0. The zero-order valence-corrected chi connectivity index (χ0v) is 9.71. The number of aliphatic hydroxyl groups is 1. The molecular weight excluding hydrogens is 188 g/mol. The molecule has 0 aliphatic rings. The van der Waals surface area contributed by atoms with E-state index in [0.717, 1.165) is 19.3 Å². The molecular formula is C13H24O2. The SMILES string of the molecule is O=C=CCCCCCCCCCCCO. The predicted octanol–water partition coefficient (Wildman–Crippen LogP) is 3.27. The molecule has 0 aliphatic carbocycles. The lowest BCUT2D eigenvalue weighted by molar-refractivity contribution is 0.282. The number of hydrogen-bond acceptors (Lipinski definition) is 2. The molecule has 15 heavy (non-hydrogen) atoms. The molecule has 0 aromatic heterocycles. The van der Waals surface area contributed by atoms with Crippen LogP contribution < -0.4 is 0 Å². The summed E-state index contributed by atoms with van der Waals surface area (Å²) in [6.45, 7) is 0.338. The molecule has 0 amide bonds. The first-order chi connectivity index (χ1) is 7.41. The van der Waals surface area contributed by atoms with Crippen molar-refractivity contribution in [1.29, 1.82) is 0 Å². The van der Waals surface area contributed by atoms with Gasteiger partial charge in [0.1, 0.15) is 5.94 Å². The summed E-state index contributed by atoms with van der Waals surface area (Å²) in [5.41, 5.74) is 0. The molecule has 2 nitrogen and oxygen atoms in total. The maximum Gasteiger partial charge on any atom is 0.120 e. The van der Waals surface area contributed by atoms with E-state index in [4.69, 9.17) is 5.11 Å². The van der Waals surface area contributed by atoms with E-state index in [0.29, 0.717) is 6.61 Å². The van der Waals surface area contributed by atoms with Gasteiger partial charge in [-0.05, 0) is 25.3 Å². The highest BCUT2D eigenvalue weighted by molar-refractivity contribution is 5.44. The van der Waals surface area contributed by atoms with Gasteiger partial charge in [-0.25, -0.2) is 4.79 Å². The molecule has 0 aromatic carbocycles. The van der Waals surface area contributed by atoms with Gasteiger partial charge in [-0.3, -0.25) is 0 Å². The third kappa shape index (κ3) is 13.4. The number of hydrogen-bond donors (Lipinski definition) is 1. The van der Waals surface area contributed by atoms with Gasteiger partial charge in [-0.15, -0.1) is 0 Å². The number of aliphatic hydroxyl groups excluding tert-OH is 1. The van der Waals surface area contributed by atoms with E-state index in [2.05, 4.69) is 0 Å². The van der Waals surface area contributed by atoms with Crippen LogP contribution in [-0.2, 0) is 4.79 Å². The summed E-state index contributed by atoms with van der Waals surface area (Å²) in [4.78, 5) is 9.87. The van der Waals surface area contributed by atoms with Gasteiger partial charge in [0.25, 0.3) is 0 Å². The van der Waals surface area contributed by atoms with Crippen molar-refractivity contribution in [3.8, 4) is 0 Å². The molecule has 0 spiro atoms. The molecule has 0 saturated carbocycles. The highest BCUT2D eigenvalue weighted by atomic mass is 16.2. The molecule has 0 saturated heterocycles. The first kappa shape index (κ1) is 14.4. The molecule has 88 valence electrons. The molecule has 0 aliphatic heterocycles. The van der Waals surface area contributed by atoms with Crippen LogP contribution in [0.5, 0.6) is 0 Å². The fraction of sp³-hybridized carbons (Fsp3) is 0.846. The molecule has 1 N–H and O–H groups in total. The van der Waals surface area contributed by atoms with Crippen LogP contribution in [0.25, 0.3) is 0 Å². The molecule has 0 rings (SSSR count). The van der Waals surface area contributed by atoms with Crippen molar-refractivity contribution in [3.05, 3.63) is 6.08 Å². The van der Waals surface area contributed by atoms with Gasteiger partial charge < -0.3 is 5.11 Å². The summed E-state index contributed by atoms with van der Waals surface area (Å²) in [5, 5.41) is 8.58. The van der Waals surface area contributed by atoms with Gasteiger partial charge in [0, 0.05) is 6.61 Å². The van der Waals surface area contributed by atoms with Gasteiger partial charge in [-0.1, -0.05) is 44.9 Å². The van der Waals surface area contributed by atoms with Gasteiger partial charge in [0.05, 0.1) is 0 Å². The molecule has 2 heteroatoms.